The van der Waals surface area contributed by atoms with Gasteiger partial charge in [-0.05, 0) is 60.1 Å². The highest BCUT2D eigenvalue weighted by Gasteiger charge is 2.50. The van der Waals surface area contributed by atoms with Gasteiger partial charge in [0.15, 0.2) is 2.74 Å². The van der Waals surface area contributed by atoms with Crippen molar-refractivity contribution in [3.05, 3.63) is 0 Å². The molecule has 65 heavy (non-hydrogen) atoms. The number of nitrogens with two attached hydrogens (primary N) is 1. The van der Waals surface area contributed by atoms with Crippen molar-refractivity contribution in [1.29, 1.82) is 0 Å². The molecular weight excluding hydrogens is 959 g/mol. The van der Waals surface area contributed by atoms with E-state index >= 15 is 0 Å². The summed E-state index contributed by atoms with van der Waals surface area (Å²) in [7, 11) is 12.0. The van der Waals surface area contributed by atoms with Crippen LogP contribution in [0.4, 0.5) is 0 Å². The van der Waals surface area contributed by atoms with Gasteiger partial charge in [0, 0.05) is 45.2 Å². The van der Waals surface area contributed by atoms with Crippen LogP contribution in [0.2, 0.25) is 0 Å². The second-order valence-corrected chi connectivity index (χ2v) is 25.2. The second-order valence-electron chi connectivity index (χ2n) is 15.7. The SMILES string of the molecule is C1SSC2(SS1)SS2.N[C@@H](CCCCNC(=O)CCOCCOCCOCCOCCNC(=O)CC[C@H](CC(=O)CCCCCCCCCCCCCCCCC(=O)O)C(=O)O)C(=O)O. The zero-order valence-electron chi connectivity index (χ0n) is 38.1. The number of carboxylic acids is 3. The number of unbranched alkanes of at least 4 members (excludes halogenated alkanes) is 14. The van der Waals surface area contributed by atoms with Gasteiger partial charge in [0.2, 0.25) is 11.8 Å². The number of ketones is 1. The monoisotopic (exact) mass is 1040 g/mol. The van der Waals surface area contributed by atoms with E-state index in [0.29, 0.717) is 74.6 Å². The highest BCUT2D eigenvalue weighted by atomic mass is 33.2. The summed E-state index contributed by atoms with van der Waals surface area (Å²) in [6, 6.07) is -0.871. The van der Waals surface area contributed by atoms with Gasteiger partial charge in [0.1, 0.15) is 11.8 Å². The van der Waals surface area contributed by atoms with E-state index < -0.39 is 29.9 Å². The van der Waals surface area contributed by atoms with E-state index in [9.17, 15) is 33.9 Å². The number of hydrogen-bond acceptors (Lipinski definition) is 17. The maximum absolute atomic E-state index is 12.4. The summed E-state index contributed by atoms with van der Waals surface area (Å²) < 4.78 is 22.2. The number of carbonyl (C=O) groups excluding carboxylic acids is 3. The van der Waals surface area contributed by atoms with Crippen molar-refractivity contribution >= 4 is 100 Å². The van der Waals surface area contributed by atoms with E-state index in [0.717, 1.165) is 44.9 Å². The van der Waals surface area contributed by atoms with Gasteiger partial charge in [0.25, 0.3) is 0 Å². The van der Waals surface area contributed by atoms with Crippen molar-refractivity contribution in [2.45, 2.75) is 156 Å². The van der Waals surface area contributed by atoms with Crippen LogP contribution < -0.4 is 16.4 Å². The molecular formula is C43H77N3O13S6. The van der Waals surface area contributed by atoms with Crippen molar-refractivity contribution in [2.75, 3.05) is 71.0 Å². The molecule has 2 fully saturated rings. The minimum absolute atomic E-state index is 0.0252. The first-order valence-corrected chi connectivity index (χ1v) is 30.0. The summed E-state index contributed by atoms with van der Waals surface area (Å²) >= 11 is 0. The van der Waals surface area contributed by atoms with Crippen LogP contribution in [-0.4, -0.2) is 131 Å². The van der Waals surface area contributed by atoms with Crippen LogP contribution in [0.5, 0.6) is 0 Å². The fraction of sp³-hybridized carbons (Fsp3) is 0.860. The zero-order valence-corrected chi connectivity index (χ0v) is 43.0. The normalized spacial score (nSPS) is 14.8. The minimum atomic E-state index is -1.06. The van der Waals surface area contributed by atoms with E-state index in [2.05, 4.69) is 10.6 Å². The molecule has 0 bridgehead atoms. The Morgan fingerprint density at radius 3 is 1.43 bits per heavy atom. The lowest BCUT2D eigenvalue weighted by Gasteiger charge is -2.13. The van der Waals surface area contributed by atoms with E-state index in [1.807, 2.05) is 64.8 Å². The molecule has 22 heteroatoms. The van der Waals surface area contributed by atoms with Crippen molar-refractivity contribution in [2.24, 2.45) is 11.7 Å². The van der Waals surface area contributed by atoms with E-state index in [4.69, 9.17) is 34.9 Å². The fourth-order valence-corrected chi connectivity index (χ4v) is 19.3. The summed E-state index contributed by atoms with van der Waals surface area (Å²) in [5.74, 6) is -4.14. The topological polar surface area (TPSA) is 250 Å². The quantitative estimate of drug-likeness (QED) is 0.0190. The number of ether oxygens (including phenoxy) is 4. The Kier molecular flexibility index (Phi) is 41.0. The third-order valence-corrected chi connectivity index (χ3v) is 23.0. The third-order valence-electron chi connectivity index (χ3n) is 10.0. The van der Waals surface area contributed by atoms with Crippen LogP contribution in [0.25, 0.3) is 0 Å². The predicted molar refractivity (Wildman–Crippen MR) is 268 cm³/mol. The molecule has 2 saturated heterocycles. The largest absolute Gasteiger partial charge is 0.481 e. The van der Waals surface area contributed by atoms with Gasteiger partial charge in [-0.1, -0.05) is 120 Å². The maximum atomic E-state index is 12.4. The Morgan fingerprint density at radius 2 is 0.954 bits per heavy atom. The third kappa shape index (κ3) is 40.5. The molecule has 2 aliphatic heterocycles. The molecule has 16 nitrogen and oxygen atoms in total. The lowest BCUT2D eigenvalue weighted by molar-refractivity contribution is -0.144. The van der Waals surface area contributed by atoms with E-state index in [1.165, 1.54) is 50.0 Å². The number of nitrogens with one attached hydrogen (secondary N) is 2. The Balaban J connectivity index is 0.00000233. The molecule has 2 aliphatic rings. The first kappa shape index (κ1) is 61.9. The molecule has 2 heterocycles. The molecule has 0 saturated carbocycles. The molecule has 0 aliphatic carbocycles. The molecule has 2 atom stereocenters. The number of aliphatic carboxylic acids is 3. The highest BCUT2D eigenvalue weighted by molar-refractivity contribution is 9.14. The predicted octanol–water partition coefficient (Wildman–Crippen LogP) is 8.75. The van der Waals surface area contributed by atoms with Gasteiger partial charge in [-0.2, -0.15) is 0 Å². The van der Waals surface area contributed by atoms with E-state index in [1.54, 1.807) is 0 Å². The first-order valence-electron chi connectivity index (χ1n) is 23.2. The summed E-state index contributed by atoms with van der Waals surface area (Å²) in [5, 5.41) is 33.7. The Labute approximate surface area is 410 Å². The number of Topliss-reactive ketones (excluding diaryl/α,β-unsaturated/α-hetero) is 1. The molecule has 0 aromatic rings. The number of amides is 2. The van der Waals surface area contributed by atoms with Gasteiger partial charge < -0.3 is 50.6 Å². The number of rotatable bonds is 44. The number of carboxylic acid groups (broad SMARTS) is 3. The second kappa shape index (κ2) is 43.0. The number of carbonyl (C=O) groups is 6. The molecule has 2 amide bonds. The number of hydrogen-bond donors (Lipinski definition) is 6. The van der Waals surface area contributed by atoms with Gasteiger partial charge in [0.05, 0.1) is 63.9 Å². The lowest BCUT2D eigenvalue weighted by atomic mass is 9.94. The zero-order chi connectivity index (χ0) is 47.6. The fourth-order valence-electron chi connectivity index (χ4n) is 6.24. The molecule has 7 N–H and O–H groups in total. The highest BCUT2D eigenvalue weighted by Crippen LogP contribution is 2.83. The average molecular weight is 1040 g/mol. The van der Waals surface area contributed by atoms with Gasteiger partial charge in [-0.3, -0.25) is 28.8 Å². The average Bonchev–Trinajstić information content (AvgIpc) is 4.03. The van der Waals surface area contributed by atoms with Crippen molar-refractivity contribution in [1.82, 2.24) is 10.6 Å². The maximum Gasteiger partial charge on any atom is 0.320 e. The summed E-state index contributed by atoms with van der Waals surface area (Å²) in [5.41, 5.74) is 5.43. The van der Waals surface area contributed by atoms with Crippen LogP contribution in [0.15, 0.2) is 0 Å². The van der Waals surface area contributed by atoms with Crippen LogP contribution in [0.3, 0.4) is 0 Å². The Bertz CT molecular complexity index is 1280. The summed E-state index contributed by atoms with van der Waals surface area (Å²) in [6.45, 7) is 3.43. The van der Waals surface area contributed by atoms with E-state index in [-0.39, 0.29) is 69.5 Å². The first-order chi connectivity index (χ1) is 31.4. The van der Waals surface area contributed by atoms with Crippen molar-refractivity contribution in [3.63, 3.8) is 0 Å². The molecule has 0 aromatic heterocycles. The van der Waals surface area contributed by atoms with Gasteiger partial charge in [-0.25, -0.2) is 0 Å². The van der Waals surface area contributed by atoms with Crippen LogP contribution in [0, 0.1) is 5.92 Å². The summed E-state index contributed by atoms with van der Waals surface area (Å²) in [4.78, 5) is 69.2. The molecule has 0 radical (unpaired) electrons. The summed E-state index contributed by atoms with van der Waals surface area (Å²) in [6.07, 6.45) is 18.0. The standard InChI is InChI=1S/C41H75N3O13.C2H2S6/c42-36(41(52)53)18-15-16-23-43-38(47)22-25-54-27-29-56-31-32-57-30-28-55-26-24-44-37(46)21-20-34(40(50)51)33-35(45)17-13-11-9-7-5-3-1-2-4-6-8-10-12-14-19-39(48)49;1-3-5-2(6-4-1)7-8-2/h34,36H,1-33,42H2,(H,43,47)(H,44,46)(H,48,49)(H,50,51)(H,52,53);1H2/t34-,36+;/m1./s1. The van der Waals surface area contributed by atoms with Crippen molar-refractivity contribution in [3.8, 4) is 0 Å². The van der Waals surface area contributed by atoms with Crippen molar-refractivity contribution < 1.29 is 63.0 Å². The van der Waals surface area contributed by atoms with Crippen LogP contribution in [0.1, 0.15) is 148 Å². The molecule has 0 unspecified atom stereocenters. The Morgan fingerprint density at radius 1 is 0.492 bits per heavy atom. The van der Waals surface area contributed by atoms with Crippen LogP contribution >= 0.6 is 64.8 Å². The smallest absolute Gasteiger partial charge is 0.320 e. The lowest BCUT2D eigenvalue weighted by Crippen LogP contribution is -2.30. The molecule has 1 spiro atoms. The van der Waals surface area contributed by atoms with Gasteiger partial charge >= 0.3 is 17.9 Å². The molecule has 378 valence electrons. The molecule has 0 aromatic carbocycles. The molecule has 2 rings (SSSR count). The minimum Gasteiger partial charge on any atom is -0.481 e. The Hall–Kier alpha value is -1.08. The van der Waals surface area contributed by atoms with Gasteiger partial charge in [-0.15, -0.1) is 0 Å². The van der Waals surface area contributed by atoms with Crippen LogP contribution in [-0.2, 0) is 47.7 Å².